The van der Waals surface area contributed by atoms with E-state index in [-0.39, 0.29) is 5.25 Å². The molecule has 174 valence electrons. The van der Waals surface area contributed by atoms with Crippen LogP contribution in [0.1, 0.15) is 65.4 Å². The highest BCUT2D eigenvalue weighted by molar-refractivity contribution is 7.91. The lowest BCUT2D eigenvalue weighted by Crippen LogP contribution is -2.31. The normalized spacial score (nSPS) is 11.9. The second-order valence-electron chi connectivity index (χ2n) is 7.98. The molecule has 0 fully saturated rings. The molecule has 0 N–H and O–H groups in total. The average Bonchev–Trinajstić information content (AvgIpc) is 2.72. The molecule has 0 aliphatic carbocycles. The summed E-state index contributed by atoms with van der Waals surface area (Å²) in [5.41, 5.74) is 2.57. The first-order valence-corrected chi connectivity index (χ1v) is 13.3. The Morgan fingerprint density at radius 2 is 1.37 bits per heavy atom. The first kappa shape index (κ1) is 26.9. The maximum atomic E-state index is 11.8. The molecule has 5 nitrogen and oxygen atoms in total. The lowest BCUT2D eigenvalue weighted by atomic mass is 10.1. The Labute approximate surface area is 185 Å². The molecule has 1 aromatic rings. The molecule has 0 aromatic heterocycles. The van der Waals surface area contributed by atoms with Crippen molar-refractivity contribution < 1.29 is 17.9 Å². The minimum Gasteiger partial charge on any atom is -0.380 e. The van der Waals surface area contributed by atoms with Crippen molar-refractivity contribution in [1.82, 2.24) is 0 Å². The maximum Gasteiger partial charge on any atom is 0.152 e. The van der Waals surface area contributed by atoms with Crippen molar-refractivity contribution in [1.29, 1.82) is 0 Å². The molecule has 0 amide bonds. The van der Waals surface area contributed by atoms with E-state index in [1.165, 1.54) is 11.3 Å². The van der Waals surface area contributed by atoms with Gasteiger partial charge in [-0.2, -0.15) is 0 Å². The van der Waals surface area contributed by atoms with Gasteiger partial charge in [0.25, 0.3) is 0 Å². The molecular weight excluding hydrogens is 398 g/mol. The molecule has 0 bridgehead atoms. The molecule has 0 aliphatic heterocycles. The molecule has 0 spiro atoms. The van der Waals surface area contributed by atoms with Gasteiger partial charge in [-0.15, -0.1) is 0 Å². The zero-order valence-electron chi connectivity index (χ0n) is 19.6. The number of sulfone groups is 1. The van der Waals surface area contributed by atoms with Gasteiger partial charge in [0.15, 0.2) is 9.84 Å². The minimum absolute atomic E-state index is 0.255. The van der Waals surface area contributed by atoms with Crippen LogP contribution in [0.25, 0.3) is 0 Å². The number of anilines is 1. The fraction of sp³-hybridized carbons (Fsp3) is 0.750. The van der Waals surface area contributed by atoms with Crippen LogP contribution in [-0.4, -0.2) is 58.9 Å². The molecule has 1 rings (SSSR count). The summed E-state index contributed by atoms with van der Waals surface area (Å²) < 4.78 is 34.7. The Morgan fingerprint density at radius 3 is 1.90 bits per heavy atom. The highest BCUT2D eigenvalue weighted by Crippen LogP contribution is 2.17. The van der Waals surface area contributed by atoms with E-state index in [0.717, 1.165) is 78.0 Å². The predicted molar refractivity (Wildman–Crippen MR) is 127 cm³/mol. The molecular formula is C24H43NO4S. The monoisotopic (exact) mass is 441 g/mol. The van der Waals surface area contributed by atoms with Gasteiger partial charge < -0.3 is 14.4 Å². The van der Waals surface area contributed by atoms with Crippen LogP contribution in [-0.2, 0) is 25.7 Å². The zero-order chi connectivity index (χ0) is 22.2. The molecule has 0 saturated carbocycles. The van der Waals surface area contributed by atoms with Gasteiger partial charge in [-0.05, 0) is 64.7 Å². The van der Waals surface area contributed by atoms with Crippen LogP contribution in [0.3, 0.4) is 0 Å². The van der Waals surface area contributed by atoms with Crippen LogP contribution in [0.15, 0.2) is 24.3 Å². The lowest BCUT2D eigenvalue weighted by Gasteiger charge is -2.25. The van der Waals surface area contributed by atoms with E-state index in [1.54, 1.807) is 13.8 Å². The summed E-state index contributed by atoms with van der Waals surface area (Å²) in [6.07, 6.45) is 6.26. The van der Waals surface area contributed by atoms with E-state index in [2.05, 4.69) is 29.2 Å². The summed E-state index contributed by atoms with van der Waals surface area (Å²) in [5.74, 6) is 0.329. The molecule has 30 heavy (non-hydrogen) atoms. The summed E-state index contributed by atoms with van der Waals surface area (Å²) in [6.45, 7) is 12.2. The van der Waals surface area contributed by atoms with E-state index in [0.29, 0.717) is 5.75 Å². The van der Waals surface area contributed by atoms with Crippen molar-refractivity contribution in [3.63, 3.8) is 0 Å². The third-order valence-corrected chi connectivity index (χ3v) is 7.63. The van der Waals surface area contributed by atoms with Gasteiger partial charge in [0.1, 0.15) is 0 Å². The van der Waals surface area contributed by atoms with Gasteiger partial charge in [-0.3, -0.25) is 0 Å². The van der Waals surface area contributed by atoms with Crippen molar-refractivity contribution in [2.45, 2.75) is 71.5 Å². The molecule has 0 aliphatic rings. The standard InChI is InChI=1S/C24H43NO4S/c1-5-28-19-17-25(18-20-29-6-2)24-15-13-23(14-16-24)12-10-8-7-9-11-21-30(26,27)22(3)4/h13-16,22H,5-12,17-21H2,1-4H3. The quantitative estimate of drug-likeness (QED) is 0.304. The summed E-state index contributed by atoms with van der Waals surface area (Å²) in [7, 11) is -2.88. The molecule has 0 atom stereocenters. The Balaban J connectivity index is 2.34. The highest BCUT2D eigenvalue weighted by atomic mass is 32.2. The lowest BCUT2D eigenvalue weighted by molar-refractivity contribution is 0.141. The van der Waals surface area contributed by atoms with Crippen molar-refractivity contribution in [3.05, 3.63) is 29.8 Å². The van der Waals surface area contributed by atoms with Crippen LogP contribution in [0.4, 0.5) is 5.69 Å². The van der Waals surface area contributed by atoms with Crippen LogP contribution < -0.4 is 4.90 Å². The second kappa shape index (κ2) is 15.7. The first-order valence-electron chi connectivity index (χ1n) is 11.6. The summed E-state index contributed by atoms with van der Waals surface area (Å²) >= 11 is 0. The maximum absolute atomic E-state index is 11.8. The second-order valence-corrected chi connectivity index (χ2v) is 10.7. The van der Waals surface area contributed by atoms with Crippen molar-refractivity contribution in [3.8, 4) is 0 Å². The smallest absolute Gasteiger partial charge is 0.152 e. The number of unbranched alkanes of at least 4 members (excludes halogenated alkanes) is 4. The van der Waals surface area contributed by atoms with Gasteiger partial charge >= 0.3 is 0 Å². The number of hydrogen-bond donors (Lipinski definition) is 0. The van der Waals surface area contributed by atoms with Crippen LogP contribution >= 0.6 is 0 Å². The number of benzene rings is 1. The third-order valence-electron chi connectivity index (χ3n) is 5.33. The number of nitrogens with zero attached hydrogens (tertiary/aromatic N) is 1. The largest absolute Gasteiger partial charge is 0.380 e. The Hall–Kier alpha value is -1.11. The molecule has 0 unspecified atom stereocenters. The SMILES string of the molecule is CCOCCN(CCOCC)c1ccc(CCCCCCCS(=O)(=O)C(C)C)cc1. The number of ether oxygens (including phenoxy) is 2. The highest BCUT2D eigenvalue weighted by Gasteiger charge is 2.14. The molecule has 0 heterocycles. The Bertz CT molecular complexity index is 634. The van der Waals surface area contributed by atoms with Crippen LogP contribution in [0.5, 0.6) is 0 Å². The molecule has 0 radical (unpaired) electrons. The number of hydrogen-bond acceptors (Lipinski definition) is 5. The fourth-order valence-electron chi connectivity index (χ4n) is 3.28. The summed E-state index contributed by atoms with van der Waals surface area (Å²) in [4.78, 5) is 2.32. The summed E-state index contributed by atoms with van der Waals surface area (Å²) in [5, 5.41) is -0.255. The third kappa shape index (κ3) is 11.3. The fourth-order valence-corrected chi connectivity index (χ4v) is 4.36. The number of aryl methyl sites for hydroxylation is 1. The predicted octanol–water partition coefficient (Wildman–Crippen LogP) is 4.88. The van der Waals surface area contributed by atoms with Crippen molar-refractivity contribution in [2.24, 2.45) is 0 Å². The Morgan fingerprint density at radius 1 is 0.833 bits per heavy atom. The average molecular weight is 442 g/mol. The minimum atomic E-state index is -2.88. The molecule has 1 aromatic carbocycles. The van der Waals surface area contributed by atoms with E-state index in [9.17, 15) is 8.42 Å². The first-order chi connectivity index (χ1) is 14.4. The van der Waals surface area contributed by atoms with E-state index < -0.39 is 9.84 Å². The van der Waals surface area contributed by atoms with Crippen molar-refractivity contribution in [2.75, 3.05) is 50.2 Å². The number of rotatable bonds is 18. The van der Waals surface area contributed by atoms with Gasteiger partial charge in [0, 0.05) is 32.0 Å². The van der Waals surface area contributed by atoms with E-state index in [4.69, 9.17) is 9.47 Å². The zero-order valence-corrected chi connectivity index (χ0v) is 20.4. The van der Waals surface area contributed by atoms with E-state index >= 15 is 0 Å². The van der Waals surface area contributed by atoms with Crippen LogP contribution in [0, 0.1) is 0 Å². The summed E-state index contributed by atoms with van der Waals surface area (Å²) in [6, 6.07) is 8.84. The molecule has 0 saturated heterocycles. The topological polar surface area (TPSA) is 55.8 Å². The van der Waals surface area contributed by atoms with Crippen molar-refractivity contribution >= 4 is 15.5 Å². The van der Waals surface area contributed by atoms with Crippen LogP contribution in [0.2, 0.25) is 0 Å². The van der Waals surface area contributed by atoms with Gasteiger partial charge in [0.05, 0.1) is 24.2 Å². The van der Waals surface area contributed by atoms with Gasteiger partial charge in [-0.25, -0.2) is 8.42 Å². The van der Waals surface area contributed by atoms with E-state index in [1.807, 2.05) is 13.8 Å². The van der Waals surface area contributed by atoms with Gasteiger partial charge in [-0.1, -0.05) is 31.4 Å². The van der Waals surface area contributed by atoms with Gasteiger partial charge in [0.2, 0.25) is 0 Å². The molecule has 6 heteroatoms. The Kier molecular flexibility index (Phi) is 14.1.